The number of hydrogen-bond donors (Lipinski definition) is 5. The Hall–Kier alpha value is -1.38. The number of hydrogen-bond acceptors (Lipinski definition) is 10. The highest BCUT2D eigenvalue weighted by molar-refractivity contribution is 5.73. The quantitative estimate of drug-likeness (QED) is 0.175. The Labute approximate surface area is 168 Å². The van der Waals surface area contributed by atoms with Crippen LogP contribution in [0.15, 0.2) is 0 Å². The van der Waals surface area contributed by atoms with E-state index in [-0.39, 0.29) is 26.2 Å². The van der Waals surface area contributed by atoms with Crippen molar-refractivity contribution >= 4 is 11.9 Å². The van der Waals surface area contributed by atoms with E-state index in [4.69, 9.17) is 28.8 Å². The molecule has 0 spiro atoms. The second-order valence-electron chi connectivity index (χ2n) is 6.28. The topological polar surface area (TPSA) is 173 Å². The average Bonchev–Trinajstić information content (AvgIpc) is 2.67. The van der Waals surface area contributed by atoms with Gasteiger partial charge in [-0.15, -0.1) is 0 Å². The molecule has 0 radical (unpaired) electrons. The molecule has 0 aromatic rings. The summed E-state index contributed by atoms with van der Waals surface area (Å²) in [5.74, 6) is -1.35. The first kappa shape index (κ1) is 25.7. The Bertz CT molecular complexity index is 478. The lowest BCUT2D eigenvalue weighted by Crippen LogP contribution is -2.64. The van der Waals surface area contributed by atoms with Gasteiger partial charge in [-0.3, -0.25) is 9.59 Å². The second-order valence-corrected chi connectivity index (χ2v) is 6.28. The van der Waals surface area contributed by atoms with Crippen LogP contribution in [-0.4, -0.2) is 116 Å². The summed E-state index contributed by atoms with van der Waals surface area (Å²) < 4.78 is 26.5. The summed E-state index contributed by atoms with van der Waals surface area (Å²) in [6, 6.07) is -0.991. The Morgan fingerprint density at radius 2 is 1.48 bits per heavy atom. The van der Waals surface area contributed by atoms with Gasteiger partial charge in [-0.05, 0) is 0 Å². The normalized spacial score (nSPS) is 27.0. The monoisotopic (exact) mass is 425 g/mol. The van der Waals surface area contributed by atoms with Crippen molar-refractivity contribution in [2.45, 2.75) is 44.0 Å². The van der Waals surface area contributed by atoms with E-state index < -0.39 is 49.1 Å². The van der Waals surface area contributed by atoms with Crippen LogP contribution in [0.3, 0.4) is 0 Å². The smallest absolute Gasteiger partial charge is 0.305 e. The molecule has 1 rings (SSSR count). The molecule has 0 aliphatic carbocycles. The van der Waals surface area contributed by atoms with E-state index in [0.717, 1.165) is 0 Å². The number of carbonyl (C=O) groups excluding carboxylic acids is 1. The number of carbonyl (C=O) groups is 2. The molecule has 0 unspecified atom stereocenters. The lowest BCUT2D eigenvalue weighted by Gasteiger charge is -2.42. The molecule has 1 amide bonds. The summed E-state index contributed by atoms with van der Waals surface area (Å²) in [4.78, 5) is 21.6. The maximum atomic E-state index is 11.3. The lowest BCUT2D eigenvalue weighted by atomic mass is 9.97. The highest BCUT2D eigenvalue weighted by atomic mass is 16.7. The van der Waals surface area contributed by atoms with Crippen LogP contribution in [-0.2, 0) is 33.3 Å². The van der Waals surface area contributed by atoms with Gasteiger partial charge in [0.1, 0.15) is 24.4 Å². The summed E-state index contributed by atoms with van der Waals surface area (Å²) in [5, 5.41) is 40.2. The Morgan fingerprint density at radius 3 is 2.00 bits per heavy atom. The predicted molar refractivity (Wildman–Crippen MR) is 96.0 cm³/mol. The third-order valence-corrected chi connectivity index (χ3v) is 3.96. The number of nitrogens with one attached hydrogen (secondary N) is 1. The van der Waals surface area contributed by atoms with Gasteiger partial charge in [0.2, 0.25) is 5.91 Å². The van der Waals surface area contributed by atoms with E-state index in [9.17, 15) is 24.9 Å². The van der Waals surface area contributed by atoms with Crippen molar-refractivity contribution in [3.05, 3.63) is 0 Å². The molecule has 1 saturated heterocycles. The molecule has 0 bridgehead atoms. The van der Waals surface area contributed by atoms with Crippen molar-refractivity contribution in [3.8, 4) is 0 Å². The summed E-state index contributed by atoms with van der Waals surface area (Å²) in [6.45, 7) is 2.36. The minimum atomic E-state index is -1.36. The summed E-state index contributed by atoms with van der Waals surface area (Å²) in [5.41, 5.74) is 0. The fourth-order valence-electron chi connectivity index (χ4n) is 2.54. The van der Waals surface area contributed by atoms with Crippen LogP contribution in [0.2, 0.25) is 0 Å². The number of amides is 1. The van der Waals surface area contributed by atoms with Gasteiger partial charge in [-0.25, -0.2) is 0 Å². The predicted octanol–water partition coefficient (Wildman–Crippen LogP) is -2.53. The molecule has 5 atom stereocenters. The van der Waals surface area contributed by atoms with Gasteiger partial charge in [-0.1, -0.05) is 0 Å². The van der Waals surface area contributed by atoms with Crippen molar-refractivity contribution in [1.29, 1.82) is 0 Å². The van der Waals surface area contributed by atoms with Gasteiger partial charge in [-0.2, -0.15) is 0 Å². The SMILES string of the molecule is CC(=O)N[C@H]1[C@@H](OCCOCCOCCOCCC(=O)O)O[C@H](CO)[C@H](O)[C@@H]1O. The maximum Gasteiger partial charge on any atom is 0.305 e. The Kier molecular flexibility index (Phi) is 12.9. The minimum Gasteiger partial charge on any atom is -0.481 e. The number of aliphatic hydroxyl groups is 3. The number of carboxylic acid groups (broad SMARTS) is 1. The van der Waals surface area contributed by atoms with E-state index >= 15 is 0 Å². The van der Waals surface area contributed by atoms with Crippen LogP contribution >= 0.6 is 0 Å². The van der Waals surface area contributed by atoms with Gasteiger partial charge < -0.3 is 49.4 Å². The van der Waals surface area contributed by atoms with Crippen molar-refractivity contribution in [2.75, 3.05) is 52.9 Å². The van der Waals surface area contributed by atoms with Gasteiger partial charge >= 0.3 is 5.97 Å². The van der Waals surface area contributed by atoms with Crippen molar-refractivity contribution in [1.82, 2.24) is 5.32 Å². The highest BCUT2D eigenvalue weighted by Crippen LogP contribution is 2.22. The van der Waals surface area contributed by atoms with Gasteiger partial charge in [0.25, 0.3) is 0 Å². The van der Waals surface area contributed by atoms with Crippen molar-refractivity contribution in [3.63, 3.8) is 0 Å². The van der Waals surface area contributed by atoms with Crippen LogP contribution in [0, 0.1) is 0 Å². The molecule has 1 fully saturated rings. The van der Waals surface area contributed by atoms with E-state index in [2.05, 4.69) is 5.32 Å². The lowest BCUT2D eigenvalue weighted by molar-refractivity contribution is -0.272. The number of aliphatic hydroxyl groups excluding tert-OH is 3. The third kappa shape index (κ3) is 10.3. The van der Waals surface area contributed by atoms with Crippen LogP contribution in [0.5, 0.6) is 0 Å². The molecule has 170 valence electrons. The van der Waals surface area contributed by atoms with Gasteiger partial charge in [0.05, 0.1) is 59.3 Å². The average molecular weight is 425 g/mol. The molecule has 0 aromatic heterocycles. The Morgan fingerprint density at radius 1 is 0.931 bits per heavy atom. The third-order valence-electron chi connectivity index (χ3n) is 3.96. The molecule has 0 aromatic carbocycles. The standard InChI is InChI=1S/C17H31NO11/c1-11(20)18-14-16(24)15(23)12(10-19)29-17(14)28-9-8-27-7-6-26-5-4-25-3-2-13(21)22/h12,14-17,19,23-24H,2-10H2,1H3,(H,18,20)(H,21,22)/t12-,14-,15+,16-,17+/m1/s1. The number of rotatable bonds is 15. The molecular formula is C17H31NO11. The maximum absolute atomic E-state index is 11.3. The molecular weight excluding hydrogens is 394 g/mol. The zero-order valence-electron chi connectivity index (χ0n) is 16.4. The zero-order valence-corrected chi connectivity index (χ0v) is 16.4. The minimum absolute atomic E-state index is 0.0499. The van der Waals surface area contributed by atoms with Crippen molar-refractivity contribution in [2.24, 2.45) is 0 Å². The van der Waals surface area contributed by atoms with E-state index in [1.807, 2.05) is 0 Å². The molecule has 1 aliphatic heterocycles. The summed E-state index contributed by atoms with van der Waals surface area (Å²) >= 11 is 0. The molecule has 5 N–H and O–H groups in total. The first-order valence-electron chi connectivity index (χ1n) is 9.33. The highest BCUT2D eigenvalue weighted by Gasteiger charge is 2.45. The van der Waals surface area contributed by atoms with Gasteiger partial charge in [0.15, 0.2) is 6.29 Å². The summed E-state index contributed by atoms with van der Waals surface area (Å²) in [6.07, 6.45) is -4.87. The summed E-state index contributed by atoms with van der Waals surface area (Å²) in [7, 11) is 0. The van der Waals surface area contributed by atoms with Crippen LogP contribution in [0.25, 0.3) is 0 Å². The first-order chi connectivity index (χ1) is 13.9. The van der Waals surface area contributed by atoms with Gasteiger partial charge in [0, 0.05) is 6.92 Å². The van der Waals surface area contributed by atoms with Crippen molar-refractivity contribution < 1.29 is 53.7 Å². The first-order valence-corrected chi connectivity index (χ1v) is 9.33. The molecule has 1 aliphatic rings. The fraction of sp³-hybridized carbons (Fsp3) is 0.882. The largest absolute Gasteiger partial charge is 0.481 e. The van der Waals surface area contributed by atoms with Crippen LogP contribution in [0.1, 0.15) is 13.3 Å². The Balaban J connectivity index is 2.16. The van der Waals surface area contributed by atoms with E-state index in [0.29, 0.717) is 26.4 Å². The molecule has 12 nitrogen and oxygen atoms in total. The van der Waals surface area contributed by atoms with Crippen LogP contribution < -0.4 is 5.32 Å². The number of ether oxygens (including phenoxy) is 5. The molecule has 29 heavy (non-hydrogen) atoms. The zero-order chi connectivity index (χ0) is 21.6. The molecule has 1 heterocycles. The van der Waals surface area contributed by atoms with E-state index in [1.165, 1.54) is 6.92 Å². The van der Waals surface area contributed by atoms with E-state index in [1.54, 1.807) is 0 Å². The molecule has 0 saturated carbocycles. The second kappa shape index (κ2) is 14.6. The fourth-order valence-corrected chi connectivity index (χ4v) is 2.54. The van der Waals surface area contributed by atoms with Crippen LogP contribution in [0.4, 0.5) is 0 Å². The molecule has 12 heteroatoms. The number of carboxylic acids is 1. The number of aliphatic carboxylic acids is 1.